The van der Waals surface area contributed by atoms with Gasteiger partial charge in [0.25, 0.3) is 0 Å². The van der Waals surface area contributed by atoms with Crippen molar-refractivity contribution in [2.24, 2.45) is 11.8 Å². The first kappa shape index (κ1) is 31.9. The quantitative estimate of drug-likeness (QED) is 0.391. The molecule has 238 valence electrons. The van der Waals surface area contributed by atoms with Gasteiger partial charge in [0, 0.05) is 50.9 Å². The third-order valence-corrected chi connectivity index (χ3v) is 9.55. The molecule has 3 N–H and O–H groups in total. The van der Waals surface area contributed by atoms with Crippen molar-refractivity contribution in [1.82, 2.24) is 14.7 Å². The topological polar surface area (TPSA) is 99.0 Å². The minimum atomic E-state index is -4.71. The zero-order valence-electron chi connectivity index (χ0n) is 24.8. The van der Waals surface area contributed by atoms with Crippen LogP contribution < -0.4 is 11.1 Å². The standard InChI is InChI=1S/C32H39ClF3N5O3/c1-20-6-11-40(12-7-20)30(43)23(16-21-17-25(32(34,35)36)29(37)26(33)18-21)19-28(42)39-13-9-24(10-14-39)41-15-8-22-4-2-3-5-27(22)38-31(41)44/h2-5,17-18,20,23-24H,6-16,19,37H2,1H3,(H,38,44)/t23-/m0/s1. The lowest BCUT2D eigenvalue weighted by molar-refractivity contribution is -0.142. The number of alkyl halides is 3. The maximum Gasteiger partial charge on any atom is 0.418 e. The molecule has 2 aromatic rings. The molecule has 5 rings (SSSR count). The molecule has 2 fully saturated rings. The van der Waals surface area contributed by atoms with Crippen molar-refractivity contribution in [3.63, 3.8) is 0 Å². The molecule has 12 heteroatoms. The number of nitrogens with two attached hydrogens (primary N) is 1. The van der Waals surface area contributed by atoms with E-state index in [0.717, 1.165) is 36.6 Å². The predicted octanol–water partition coefficient (Wildman–Crippen LogP) is 5.83. The van der Waals surface area contributed by atoms with Crippen molar-refractivity contribution in [2.45, 2.75) is 64.1 Å². The number of benzene rings is 2. The number of rotatable bonds is 6. The lowest BCUT2D eigenvalue weighted by Crippen LogP contribution is -2.50. The predicted molar refractivity (Wildman–Crippen MR) is 163 cm³/mol. The van der Waals surface area contributed by atoms with Crippen LogP contribution in [0.25, 0.3) is 0 Å². The van der Waals surface area contributed by atoms with Crippen molar-refractivity contribution in [3.05, 3.63) is 58.1 Å². The Morgan fingerprint density at radius 3 is 2.36 bits per heavy atom. The lowest BCUT2D eigenvalue weighted by Gasteiger charge is -2.38. The van der Waals surface area contributed by atoms with Gasteiger partial charge in [0.05, 0.1) is 22.2 Å². The molecule has 0 saturated carbocycles. The van der Waals surface area contributed by atoms with Gasteiger partial charge in [-0.05, 0) is 73.8 Å². The van der Waals surface area contributed by atoms with Crippen LogP contribution in [0.15, 0.2) is 36.4 Å². The Kier molecular flexibility index (Phi) is 9.62. The van der Waals surface area contributed by atoms with E-state index in [9.17, 15) is 27.6 Å². The van der Waals surface area contributed by atoms with Gasteiger partial charge in [0.15, 0.2) is 0 Å². The van der Waals surface area contributed by atoms with E-state index in [1.165, 1.54) is 6.07 Å². The van der Waals surface area contributed by atoms with Crippen LogP contribution in [-0.4, -0.2) is 71.3 Å². The molecule has 0 spiro atoms. The van der Waals surface area contributed by atoms with Crippen LogP contribution in [0, 0.1) is 11.8 Å². The van der Waals surface area contributed by atoms with Crippen molar-refractivity contribution in [2.75, 3.05) is 43.8 Å². The molecule has 0 bridgehead atoms. The summed E-state index contributed by atoms with van der Waals surface area (Å²) in [5.41, 5.74) is 6.12. The molecule has 3 aliphatic rings. The summed E-state index contributed by atoms with van der Waals surface area (Å²) in [5, 5.41) is 2.76. The van der Waals surface area contributed by atoms with Crippen LogP contribution in [0.4, 0.5) is 29.3 Å². The van der Waals surface area contributed by atoms with E-state index in [1.807, 2.05) is 29.2 Å². The number of hydrogen-bond donors (Lipinski definition) is 2. The summed E-state index contributed by atoms with van der Waals surface area (Å²) in [7, 11) is 0. The summed E-state index contributed by atoms with van der Waals surface area (Å²) in [6.45, 7) is 4.65. The minimum absolute atomic E-state index is 0.0289. The monoisotopic (exact) mass is 633 g/mol. The van der Waals surface area contributed by atoms with Gasteiger partial charge in [-0.1, -0.05) is 36.7 Å². The van der Waals surface area contributed by atoms with Gasteiger partial charge in [0.2, 0.25) is 11.8 Å². The van der Waals surface area contributed by atoms with Crippen LogP contribution in [0.5, 0.6) is 0 Å². The average Bonchev–Trinajstić information content (AvgIpc) is 3.16. The SMILES string of the molecule is CC1CCN(C(=O)[C@H](CC(=O)N2CCC(N3CCc4ccccc4NC3=O)CC2)Cc2cc(Cl)c(N)c(C(F)(F)F)c2)CC1. The molecule has 4 amide bonds. The summed E-state index contributed by atoms with van der Waals surface area (Å²) >= 11 is 6.08. The Balaban J connectivity index is 1.26. The summed E-state index contributed by atoms with van der Waals surface area (Å²) in [5.74, 6) is -0.824. The zero-order valence-corrected chi connectivity index (χ0v) is 25.6. The number of urea groups is 1. The Bertz CT molecular complexity index is 1390. The molecule has 0 aliphatic carbocycles. The van der Waals surface area contributed by atoms with Crippen LogP contribution in [0.1, 0.15) is 55.7 Å². The highest BCUT2D eigenvalue weighted by atomic mass is 35.5. The number of anilines is 2. The Morgan fingerprint density at radius 1 is 1.02 bits per heavy atom. The number of nitrogen functional groups attached to an aromatic ring is 1. The fourth-order valence-corrected chi connectivity index (χ4v) is 6.79. The normalized spacial score (nSPS) is 19.3. The molecule has 0 radical (unpaired) electrons. The highest BCUT2D eigenvalue weighted by Gasteiger charge is 2.37. The van der Waals surface area contributed by atoms with Gasteiger partial charge in [-0.2, -0.15) is 13.2 Å². The summed E-state index contributed by atoms with van der Waals surface area (Å²) < 4.78 is 41.0. The van der Waals surface area contributed by atoms with Crippen molar-refractivity contribution in [1.29, 1.82) is 0 Å². The van der Waals surface area contributed by atoms with E-state index < -0.39 is 23.3 Å². The highest BCUT2D eigenvalue weighted by Crippen LogP contribution is 2.38. The van der Waals surface area contributed by atoms with E-state index in [2.05, 4.69) is 12.2 Å². The molecule has 3 aliphatic heterocycles. The third-order valence-electron chi connectivity index (χ3n) is 9.24. The number of fused-ring (bicyclic) bond motifs is 1. The number of para-hydroxylation sites is 1. The van der Waals surface area contributed by atoms with E-state index >= 15 is 0 Å². The highest BCUT2D eigenvalue weighted by molar-refractivity contribution is 6.33. The maximum absolute atomic E-state index is 13.7. The van der Waals surface area contributed by atoms with Crippen LogP contribution >= 0.6 is 11.6 Å². The first-order chi connectivity index (χ1) is 20.9. The summed E-state index contributed by atoms with van der Waals surface area (Å²) in [4.78, 5) is 45.5. The number of likely N-dealkylation sites (tertiary alicyclic amines) is 2. The van der Waals surface area contributed by atoms with Gasteiger partial charge in [0.1, 0.15) is 0 Å². The third kappa shape index (κ3) is 7.25. The second-order valence-electron chi connectivity index (χ2n) is 12.3. The molecule has 44 heavy (non-hydrogen) atoms. The first-order valence-electron chi connectivity index (χ1n) is 15.3. The smallest absolute Gasteiger partial charge is 0.397 e. The summed E-state index contributed by atoms with van der Waals surface area (Å²) in [6.07, 6.45) is -1.30. The van der Waals surface area contributed by atoms with E-state index in [-0.39, 0.29) is 47.3 Å². The number of carbonyl (C=O) groups is 3. The number of amides is 4. The average molecular weight is 634 g/mol. The van der Waals surface area contributed by atoms with Crippen molar-refractivity contribution >= 4 is 40.8 Å². The largest absolute Gasteiger partial charge is 0.418 e. The van der Waals surface area contributed by atoms with Gasteiger partial charge < -0.3 is 25.8 Å². The van der Waals surface area contributed by atoms with Gasteiger partial charge in [-0.25, -0.2) is 4.79 Å². The first-order valence-corrected chi connectivity index (χ1v) is 15.7. The molecule has 0 aromatic heterocycles. The van der Waals surface area contributed by atoms with E-state index in [4.69, 9.17) is 17.3 Å². The number of hydrogen-bond acceptors (Lipinski definition) is 4. The van der Waals surface area contributed by atoms with Gasteiger partial charge in [-0.15, -0.1) is 0 Å². The van der Waals surface area contributed by atoms with E-state index in [0.29, 0.717) is 51.5 Å². The van der Waals surface area contributed by atoms with Crippen molar-refractivity contribution in [3.8, 4) is 0 Å². The fourth-order valence-electron chi connectivity index (χ4n) is 6.55. The molecule has 0 unspecified atom stereocenters. The van der Waals surface area contributed by atoms with Crippen LogP contribution in [0.3, 0.4) is 0 Å². The Hall–Kier alpha value is -3.47. The second kappa shape index (κ2) is 13.3. The van der Waals surface area contributed by atoms with Crippen LogP contribution in [-0.2, 0) is 28.6 Å². The van der Waals surface area contributed by atoms with Crippen molar-refractivity contribution < 1.29 is 27.6 Å². The number of nitrogens with one attached hydrogen (secondary N) is 1. The van der Waals surface area contributed by atoms with Gasteiger partial charge in [-0.3, -0.25) is 9.59 Å². The minimum Gasteiger partial charge on any atom is -0.397 e. The maximum atomic E-state index is 13.7. The molecule has 1 atom stereocenters. The Labute approximate surface area is 260 Å². The lowest BCUT2D eigenvalue weighted by atomic mass is 9.90. The number of nitrogens with zero attached hydrogens (tertiary/aromatic N) is 3. The number of carbonyl (C=O) groups excluding carboxylic acids is 3. The zero-order chi connectivity index (χ0) is 31.6. The molecular formula is C32H39ClF3N5O3. The van der Waals surface area contributed by atoms with Gasteiger partial charge >= 0.3 is 12.2 Å². The molecule has 3 heterocycles. The summed E-state index contributed by atoms with van der Waals surface area (Å²) in [6, 6.07) is 9.84. The molecule has 2 aromatic carbocycles. The molecular weight excluding hydrogens is 595 g/mol. The Morgan fingerprint density at radius 2 is 1.68 bits per heavy atom. The number of piperidine rings is 2. The van der Waals surface area contributed by atoms with Crippen LogP contribution in [0.2, 0.25) is 5.02 Å². The second-order valence-corrected chi connectivity index (χ2v) is 12.7. The fraction of sp³-hybridized carbons (Fsp3) is 0.531. The molecule has 8 nitrogen and oxygen atoms in total. The molecule has 2 saturated heterocycles. The van der Waals surface area contributed by atoms with E-state index in [1.54, 1.807) is 9.80 Å². The number of halogens is 4.